The number of alkyl halides is 3. The van der Waals surface area contributed by atoms with Crippen LogP contribution in [0.5, 0.6) is 0 Å². The minimum atomic E-state index is -5.42. The maximum atomic E-state index is 10.4. The van der Waals surface area contributed by atoms with E-state index >= 15 is 0 Å². The third-order valence-corrected chi connectivity index (χ3v) is 0.214. The van der Waals surface area contributed by atoms with Crippen LogP contribution in [0.3, 0.4) is 0 Å². The monoisotopic (exact) mass is 258 g/mol. The number of hydrogen-bond acceptors (Lipinski definition) is 1. The summed E-state index contributed by atoms with van der Waals surface area (Å²) < 4.78 is 51.8. The zero-order chi connectivity index (χ0) is 8.08. The molecule has 0 radical (unpaired) electrons. The Hall–Kier alpha value is 0.610. The summed E-state index contributed by atoms with van der Waals surface area (Å²) in [5.74, 6) is 0. The topological polar surface area (TPSA) is 0 Å². The molecule has 0 aliphatic heterocycles. The van der Waals surface area contributed by atoms with Crippen LogP contribution >= 0.6 is 9.58 Å². The third-order valence-electron chi connectivity index (χ3n) is 0.214. The van der Waals surface area contributed by atoms with Crippen molar-refractivity contribution >= 4 is 9.58 Å². The van der Waals surface area contributed by atoms with Crippen LogP contribution in [0, 0.1) is 6.43 Å². The molecular formula is C2AgF5S-. The van der Waals surface area contributed by atoms with E-state index in [0.717, 1.165) is 0 Å². The Labute approximate surface area is 63.6 Å². The van der Waals surface area contributed by atoms with Gasteiger partial charge in [-0.3, -0.25) is 0 Å². The molecule has 0 nitrogen and oxygen atoms in total. The van der Waals surface area contributed by atoms with Gasteiger partial charge in [0.05, 0.1) is 0 Å². The summed E-state index contributed by atoms with van der Waals surface area (Å²) >= 11 is 2.53. The maximum absolute atomic E-state index is 10.4. The summed E-state index contributed by atoms with van der Waals surface area (Å²) in [7, 11) is 3.89. The first-order valence-corrected chi connectivity index (χ1v) is 3.38. The fourth-order valence-corrected chi connectivity index (χ4v) is 0. The average molecular weight is 259 g/mol. The van der Waals surface area contributed by atoms with E-state index in [1.54, 1.807) is 0 Å². The zero-order valence-corrected chi connectivity index (χ0v) is 5.90. The average Bonchev–Trinajstić information content (AvgIpc) is 1.69. The Morgan fingerprint density at radius 2 is 1.22 bits per heavy atom. The number of halogens is 5. The van der Waals surface area contributed by atoms with Gasteiger partial charge in [0.15, 0.2) is 0 Å². The molecule has 0 fully saturated rings. The molecule has 0 unspecified atom stereocenters. The molecule has 0 bridgehead atoms. The summed E-state index contributed by atoms with van der Waals surface area (Å²) in [5.41, 5.74) is 0. The van der Waals surface area contributed by atoms with E-state index in [2.05, 4.69) is 28.8 Å². The van der Waals surface area contributed by atoms with E-state index < -0.39 is 12.6 Å². The van der Waals surface area contributed by atoms with Crippen molar-refractivity contribution in [3.63, 3.8) is 0 Å². The molecule has 0 aliphatic carbocycles. The summed E-state index contributed by atoms with van der Waals surface area (Å²) in [4.78, 5) is 0. The predicted molar refractivity (Wildman–Crippen MR) is 19.1 cm³/mol. The second kappa shape index (κ2) is 5.40. The molecule has 0 rings (SSSR count). The van der Waals surface area contributed by atoms with Crippen LogP contribution < -0.4 is 0 Å². The van der Waals surface area contributed by atoms with Crippen molar-refractivity contribution in [1.29, 1.82) is 0 Å². The molecule has 0 atom stereocenters. The second-order valence-corrected chi connectivity index (χ2v) is 0.758. The summed E-state index contributed by atoms with van der Waals surface area (Å²) in [6.07, 6.45) is -8.92. The molecule has 0 aromatic heterocycles. The molecule has 0 aromatic rings. The van der Waals surface area contributed by atoms with Gasteiger partial charge in [-0.1, -0.05) is 0 Å². The fraction of sp³-hybridized carbons (Fsp3) is 0.500. The Morgan fingerprint density at radius 3 is 1.22 bits per heavy atom. The van der Waals surface area contributed by atoms with Crippen molar-refractivity contribution in [1.82, 2.24) is 0 Å². The first kappa shape index (κ1) is 12.3. The normalized spacial score (nSPS) is 10.7. The molecule has 0 aromatic carbocycles. The van der Waals surface area contributed by atoms with Crippen LogP contribution in [0.2, 0.25) is 0 Å². The zero-order valence-electron chi connectivity index (χ0n) is 3.60. The summed E-state index contributed by atoms with van der Waals surface area (Å²) in [6.45, 7) is 0. The predicted octanol–water partition coefficient (Wildman–Crippen LogP) is 2.62. The molecule has 0 N–H and O–H groups in total. The molecule has 0 aliphatic rings. The van der Waals surface area contributed by atoms with E-state index in [1.807, 2.05) is 0 Å². The van der Waals surface area contributed by atoms with E-state index in [-0.39, 0.29) is 0 Å². The molecule has 0 amide bonds. The van der Waals surface area contributed by atoms with Gasteiger partial charge in [-0.25, -0.2) is 13.2 Å². The van der Waals surface area contributed by atoms with Gasteiger partial charge in [0, 0.05) is 0 Å². The van der Waals surface area contributed by atoms with Crippen molar-refractivity contribution in [3.8, 4) is 0 Å². The molecule has 0 saturated heterocycles. The van der Waals surface area contributed by atoms with Crippen LogP contribution in [0.25, 0.3) is 0 Å². The van der Waals surface area contributed by atoms with E-state index in [0.29, 0.717) is 0 Å². The van der Waals surface area contributed by atoms with Crippen molar-refractivity contribution in [2.75, 3.05) is 0 Å². The SMILES string of the molecule is F[C-](F)C(F)(F)F.[S]=[Ag]. The van der Waals surface area contributed by atoms with Gasteiger partial charge < -0.3 is 8.78 Å². The van der Waals surface area contributed by atoms with Crippen LogP contribution in [0.15, 0.2) is 0 Å². The van der Waals surface area contributed by atoms with Crippen molar-refractivity contribution in [2.24, 2.45) is 0 Å². The van der Waals surface area contributed by atoms with Gasteiger partial charge in [-0.05, 0) is 0 Å². The molecule has 0 saturated carbocycles. The molecular weight excluding hydrogens is 259 g/mol. The standard InChI is InChI=1S/C2F5.Ag.S/c3-1(4)2(5,6)7;;/q-1;;. The summed E-state index contributed by atoms with van der Waals surface area (Å²) in [5, 5.41) is 0. The first-order valence-electron chi connectivity index (χ1n) is 1.32. The molecule has 7 heteroatoms. The van der Waals surface area contributed by atoms with Gasteiger partial charge >= 0.3 is 34.9 Å². The van der Waals surface area contributed by atoms with Crippen molar-refractivity contribution < 1.29 is 41.1 Å². The first-order chi connectivity index (χ1) is 3.94. The fourth-order valence-electron chi connectivity index (χ4n) is 0. The van der Waals surface area contributed by atoms with E-state index in [1.165, 1.54) is 0 Å². The van der Waals surface area contributed by atoms with Crippen molar-refractivity contribution in [2.45, 2.75) is 6.18 Å². The minimum absolute atomic E-state index is 2.53. The van der Waals surface area contributed by atoms with Crippen LogP contribution in [-0.4, -0.2) is 6.18 Å². The Kier molecular flexibility index (Phi) is 7.38. The Balaban J connectivity index is 0. The van der Waals surface area contributed by atoms with E-state index in [4.69, 9.17) is 0 Å². The van der Waals surface area contributed by atoms with Crippen molar-refractivity contribution in [3.05, 3.63) is 6.43 Å². The van der Waals surface area contributed by atoms with E-state index in [9.17, 15) is 22.0 Å². The van der Waals surface area contributed by atoms with Gasteiger partial charge in [-0.15, -0.1) is 0 Å². The Morgan fingerprint density at radius 1 is 1.11 bits per heavy atom. The van der Waals surface area contributed by atoms with Gasteiger partial charge in [0.25, 0.3) is 0 Å². The van der Waals surface area contributed by atoms with Crippen LogP contribution in [0.1, 0.15) is 0 Å². The molecule has 61 valence electrons. The molecule has 0 heterocycles. The van der Waals surface area contributed by atoms with Crippen LogP contribution in [0.4, 0.5) is 22.0 Å². The quantitative estimate of drug-likeness (QED) is 0.366. The van der Waals surface area contributed by atoms with Gasteiger partial charge in [0.2, 0.25) is 0 Å². The van der Waals surface area contributed by atoms with Crippen LogP contribution in [-0.2, 0) is 19.2 Å². The molecule has 9 heavy (non-hydrogen) atoms. The number of hydrogen-bond donors (Lipinski definition) is 0. The van der Waals surface area contributed by atoms with Gasteiger partial charge in [-0.2, -0.15) is 0 Å². The number of rotatable bonds is 0. The molecule has 0 spiro atoms. The van der Waals surface area contributed by atoms with Gasteiger partial charge in [0.1, 0.15) is 6.43 Å². The third kappa shape index (κ3) is 8.61. The second-order valence-electron chi connectivity index (χ2n) is 0.758. The Bertz CT molecular complexity index is 69.8. The summed E-state index contributed by atoms with van der Waals surface area (Å²) in [6, 6.07) is 0.